The van der Waals surface area contributed by atoms with Gasteiger partial charge in [0, 0.05) is 37.4 Å². The minimum atomic E-state index is -0.416. The molecule has 0 radical (unpaired) electrons. The Balaban J connectivity index is 0.000000196. The van der Waals surface area contributed by atoms with Crippen molar-refractivity contribution >= 4 is 23.0 Å². The van der Waals surface area contributed by atoms with Crippen molar-refractivity contribution in [1.29, 1.82) is 0 Å². The second-order valence-corrected chi connectivity index (χ2v) is 10.5. The molecule has 10 heteroatoms. The normalized spacial score (nSPS) is 13.1. The number of ether oxygens (including phenoxy) is 2. The molecule has 5 aromatic rings. The van der Waals surface area contributed by atoms with Crippen molar-refractivity contribution in [3.8, 4) is 22.9 Å². The zero-order chi connectivity index (χ0) is 30.4. The van der Waals surface area contributed by atoms with E-state index < -0.39 is 5.60 Å². The highest BCUT2D eigenvalue weighted by Gasteiger charge is 2.39. The molecule has 0 amide bonds. The summed E-state index contributed by atoms with van der Waals surface area (Å²) >= 11 is 0. The predicted octanol–water partition coefficient (Wildman–Crippen LogP) is 5.44. The first-order chi connectivity index (χ1) is 20.8. The number of carbonyl (C=O) groups is 1. The largest absolute Gasteiger partial charge is 0.494 e. The Kier molecular flexibility index (Phi) is 8.87. The van der Waals surface area contributed by atoms with Gasteiger partial charge in [0.15, 0.2) is 6.29 Å². The summed E-state index contributed by atoms with van der Waals surface area (Å²) in [6, 6.07) is 20.6. The summed E-state index contributed by atoms with van der Waals surface area (Å²) in [5.74, 6) is 2.95. The Bertz CT molecular complexity index is 1760. The van der Waals surface area contributed by atoms with E-state index >= 15 is 0 Å². The number of pyridine rings is 2. The Morgan fingerprint density at radius 3 is 2.47 bits per heavy atom. The van der Waals surface area contributed by atoms with Crippen LogP contribution in [-0.4, -0.2) is 50.0 Å². The first kappa shape index (κ1) is 29.5. The second-order valence-electron chi connectivity index (χ2n) is 10.5. The van der Waals surface area contributed by atoms with Gasteiger partial charge in [0.25, 0.3) is 5.56 Å². The summed E-state index contributed by atoms with van der Waals surface area (Å²) in [5, 5.41) is 13.8. The number of carbonyl (C=O) groups excluding carboxylic acids is 1. The maximum absolute atomic E-state index is 12.0. The van der Waals surface area contributed by atoms with Gasteiger partial charge < -0.3 is 19.9 Å². The third kappa shape index (κ3) is 6.92. The van der Waals surface area contributed by atoms with Crippen molar-refractivity contribution < 1.29 is 19.4 Å². The number of benzene rings is 2. The van der Waals surface area contributed by atoms with Crippen LogP contribution in [0.15, 0.2) is 83.9 Å². The number of hydrogen-bond donors (Lipinski definition) is 2. The summed E-state index contributed by atoms with van der Waals surface area (Å²) < 4.78 is 15.0. The lowest BCUT2D eigenvalue weighted by atomic mass is 10.2. The number of aldehydes is 1. The fourth-order valence-corrected chi connectivity index (χ4v) is 4.71. The van der Waals surface area contributed by atoms with E-state index in [4.69, 9.17) is 9.47 Å². The van der Waals surface area contributed by atoms with Crippen LogP contribution in [0.25, 0.3) is 16.6 Å². The number of rotatable bonds is 10. The van der Waals surface area contributed by atoms with Gasteiger partial charge in [-0.3, -0.25) is 19.3 Å². The van der Waals surface area contributed by atoms with Gasteiger partial charge in [-0.05, 0) is 75.1 Å². The van der Waals surface area contributed by atoms with Crippen LogP contribution < -0.4 is 20.3 Å². The van der Waals surface area contributed by atoms with Crippen LogP contribution in [0, 0.1) is 6.92 Å². The molecular weight excluding hydrogens is 546 g/mol. The van der Waals surface area contributed by atoms with Crippen LogP contribution in [-0.2, 0) is 7.05 Å². The average Bonchev–Trinajstić information content (AvgIpc) is 3.72. The van der Waals surface area contributed by atoms with Crippen molar-refractivity contribution in [2.75, 3.05) is 19.0 Å². The van der Waals surface area contributed by atoms with Gasteiger partial charge in [-0.25, -0.2) is 9.67 Å². The van der Waals surface area contributed by atoms with Gasteiger partial charge in [0.05, 0.1) is 29.6 Å². The van der Waals surface area contributed by atoms with Gasteiger partial charge in [0.2, 0.25) is 0 Å². The zero-order valence-corrected chi connectivity index (χ0v) is 24.5. The molecule has 2 N–H and O–H groups in total. The highest BCUT2D eigenvalue weighted by molar-refractivity contribution is 5.86. The second kappa shape index (κ2) is 12.9. The minimum Gasteiger partial charge on any atom is -0.494 e. The molecule has 0 aliphatic heterocycles. The van der Waals surface area contributed by atoms with Crippen LogP contribution in [0.2, 0.25) is 0 Å². The van der Waals surface area contributed by atoms with Crippen molar-refractivity contribution in [1.82, 2.24) is 19.3 Å². The van der Waals surface area contributed by atoms with Gasteiger partial charge in [0.1, 0.15) is 28.6 Å². The fourth-order valence-electron chi connectivity index (χ4n) is 4.71. The molecule has 222 valence electrons. The Morgan fingerprint density at radius 2 is 1.81 bits per heavy atom. The minimum absolute atomic E-state index is 0.214. The van der Waals surface area contributed by atoms with Gasteiger partial charge in [-0.2, -0.15) is 0 Å². The first-order valence-electron chi connectivity index (χ1n) is 14.2. The summed E-state index contributed by atoms with van der Waals surface area (Å²) in [6.07, 6.45) is 7.50. The van der Waals surface area contributed by atoms with Gasteiger partial charge >= 0.3 is 0 Å². The van der Waals surface area contributed by atoms with Crippen molar-refractivity contribution in [3.05, 3.63) is 101 Å². The number of aromatic nitrogens is 4. The molecule has 6 rings (SSSR count). The quantitative estimate of drug-likeness (QED) is 0.165. The highest BCUT2D eigenvalue weighted by Crippen LogP contribution is 2.39. The third-order valence-corrected chi connectivity index (χ3v) is 7.49. The van der Waals surface area contributed by atoms with Crippen LogP contribution >= 0.6 is 0 Å². The third-order valence-electron chi connectivity index (χ3n) is 7.49. The van der Waals surface area contributed by atoms with E-state index in [9.17, 15) is 14.7 Å². The first-order valence-corrected chi connectivity index (χ1v) is 14.2. The molecule has 10 nitrogen and oxygen atoms in total. The van der Waals surface area contributed by atoms with Gasteiger partial charge in [-0.15, -0.1) is 0 Å². The van der Waals surface area contributed by atoms with E-state index in [2.05, 4.69) is 15.3 Å². The lowest BCUT2D eigenvalue weighted by Crippen LogP contribution is -2.20. The molecule has 0 unspecified atom stereocenters. The molecule has 1 fully saturated rings. The van der Waals surface area contributed by atoms with E-state index in [1.807, 2.05) is 73.8 Å². The molecule has 0 spiro atoms. The SMILES string of the molecule is CNc1ccc(Oc2ccnc3cc(OCCCC4(O)CC4)ccc23)cn1.Cc1c(C=O)c(=O)n(-c2ccccc2)n1C. The fraction of sp³-hybridized carbons (Fsp3) is 0.273. The van der Waals surface area contributed by atoms with Crippen LogP contribution in [0.3, 0.4) is 0 Å². The van der Waals surface area contributed by atoms with Crippen LogP contribution in [0.5, 0.6) is 17.2 Å². The number of hydrogen-bond acceptors (Lipinski definition) is 8. The molecule has 0 bridgehead atoms. The van der Waals surface area contributed by atoms with E-state index in [1.54, 1.807) is 31.0 Å². The number of aliphatic hydroxyl groups is 1. The molecule has 1 saturated carbocycles. The molecule has 43 heavy (non-hydrogen) atoms. The van der Waals surface area contributed by atoms with Crippen molar-refractivity contribution in [2.45, 2.75) is 38.2 Å². The topological polar surface area (TPSA) is 120 Å². The van der Waals surface area contributed by atoms with E-state index in [0.717, 1.165) is 59.6 Å². The van der Waals surface area contributed by atoms with E-state index in [0.29, 0.717) is 24.3 Å². The summed E-state index contributed by atoms with van der Waals surface area (Å²) in [6.45, 7) is 2.35. The van der Waals surface area contributed by atoms with Gasteiger partial charge in [-0.1, -0.05) is 18.2 Å². The van der Waals surface area contributed by atoms with E-state index in [1.165, 1.54) is 4.68 Å². The smallest absolute Gasteiger partial charge is 0.282 e. The number of fused-ring (bicyclic) bond motifs is 1. The number of anilines is 1. The molecule has 2 aromatic carbocycles. The van der Waals surface area contributed by atoms with E-state index in [-0.39, 0.29) is 11.1 Å². The summed E-state index contributed by atoms with van der Waals surface area (Å²) in [4.78, 5) is 31.5. The van der Waals surface area contributed by atoms with Crippen LogP contribution in [0.4, 0.5) is 5.82 Å². The number of nitrogens with zero attached hydrogens (tertiary/aromatic N) is 4. The van der Waals surface area contributed by atoms with Crippen molar-refractivity contribution in [2.24, 2.45) is 7.05 Å². The molecule has 0 saturated heterocycles. The maximum Gasteiger partial charge on any atom is 0.282 e. The van der Waals surface area contributed by atoms with Crippen molar-refractivity contribution in [3.63, 3.8) is 0 Å². The lowest BCUT2D eigenvalue weighted by Gasteiger charge is -2.11. The molecule has 1 aliphatic rings. The molecule has 3 heterocycles. The lowest BCUT2D eigenvalue weighted by molar-refractivity contribution is 0.112. The Hall–Kier alpha value is -4.96. The standard InChI is InChI=1S/C21H23N3O3.C12H12N2O2/c1-22-20-6-4-16(14-24-20)27-19-7-11-23-18-13-15(3-5-17(18)19)26-12-2-8-21(25)9-10-21;1-9-11(8-15)12(16)14(13(9)2)10-6-4-3-5-7-10/h3-7,11,13-14,25H,2,8-10,12H2,1H3,(H,22,24);3-8H,1-2H3. The number of para-hydroxylation sites is 1. The van der Waals surface area contributed by atoms with Crippen LogP contribution in [0.1, 0.15) is 41.7 Å². The molecular formula is C33H35N5O5. The number of nitrogens with one attached hydrogen (secondary N) is 1. The highest BCUT2D eigenvalue weighted by atomic mass is 16.5. The summed E-state index contributed by atoms with van der Waals surface area (Å²) in [5.41, 5.74) is 1.76. The average molecular weight is 582 g/mol. The Labute approximate surface area is 249 Å². The predicted molar refractivity (Wildman–Crippen MR) is 166 cm³/mol. The Morgan fingerprint density at radius 1 is 1.05 bits per heavy atom. The molecule has 0 atom stereocenters. The molecule has 1 aliphatic carbocycles. The zero-order valence-electron chi connectivity index (χ0n) is 24.5. The molecule has 3 aromatic heterocycles. The summed E-state index contributed by atoms with van der Waals surface area (Å²) in [7, 11) is 3.59. The maximum atomic E-state index is 12.0. The monoisotopic (exact) mass is 581 g/mol.